The Morgan fingerprint density at radius 2 is 2.05 bits per heavy atom. The maximum Gasteiger partial charge on any atom is 0.338 e. The number of para-hydroxylation sites is 1. The molecule has 0 aliphatic carbocycles. The molecule has 2 aromatic heterocycles. The van der Waals surface area contributed by atoms with Crippen LogP contribution in [0.4, 0.5) is 0 Å². The van der Waals surface area contributed by atoms with Gasteiger partial charge in [0.15, 0.2) is 4.34 Å². The fourth-order valence-corrected chi connectivity index (χ4v) is 3.67. The van der Waals surface area contributed by atoms with Crippen molar-refractivity contribution in [3.63, 3.8) is 0 Å². The fourth-order valence-electron chi connectivity index (χ4n) is 1.61. The van der Waals surface area contributed by atoms with E-state index >= 15 is 0 Å². The number of carboxylic acid groups (broad SMARTS) is 1. The quantitative estimate of drug-likeness (QED) is 0.798. The average Bonchev–Trinajstić information content (AvgIpc) is 2.81. The summed E-state index contributed by atoms with van der Waals surface area (Å²) in [6, 6.07) is 11.0. The Morgan fingerprint density at radius 3 is 2.84 bits per heavy atom. The first-order valence-electron chi connectivity index (χ1n) is 5.46. The van der Waals surface area contributed by atoms with Crippen LogP contribution in [-0.2, 0) is 0 Å². The summed E-state index contributed by atoms with van der Waals surface area (Å²) in [5.41, 5.74) is 1.12. The van der Waals surface area contributed by atoms with Gasteiger partial charge in [0.2, 0.25) is 0 Å². The zero-order chi connectivity index (χ0) is 13.2. The van der Waals surface area contributed by atoms with Gasteiger partial charge in [-0.05, 0) is 36.0 Å². The lowest BCUT2D eigenvalue weighted by Crippen LogP contribution is -1.99. The van der Waals surface area contributed by atoms with Crippen LogP contribution in [0.25, 0.3) is 10.2 Å². The molecular formula is C13H8N2O2S2. The Hall–Kier alpha value is -1.92. The molecule has 0 fully saturated rings. The lowest BCUT2D eigenvalue weighted by atomic mass is 10.3. The van der Waals surface area contributed by atoms with Gasteiger partial charge >= 0.3 is 5.97 Å². The van der Waals surface area contributed by atoms with Gasteiger partial charge in [-0.3, -0.25) is 0 Å². The van der Waals surface area contributed by atoms with Crippen LogP contribution < -0.4 is 0 Å². The molecule has 3 aromatic rings. The zero-order valence-electron chi connectivity index (χ0n) is 9.61. The van der Waals surface area contributed by atoms with Crippen LogP contribution in [0.3, 0.4) is 0 Å². The van der Waals surface area contributed by atoms with Gasteiger partial charge in [0.1, 0.15) is 5.03 Å². The standard InChI is InChI=1S/C13H8N2O2S2/c16-12(17)8-4-3-7-14-11(8)19-13-15-9-5-1-2-6-10(9)18-13/h1-7H,(H,16,17). The van der Waals surface area contributed by atoms with Gasteiger partial charge in [0.25, 0.3) is 0 Å². The summed E-state index contributed by atoms with van der Waals surface area (Å²) < 4.78 is 1.88. The first kappa shape index (κ1) is 12.1. The van der Waals surface area contributed by atoms with Gasteiger partial charge in [0.05, 0.1) is 15.8 Å². The number of benzene rings is 1. The first-order valence-corrected chi connectivity index (χ1v) is 7.09. The molecule has 6 heteroatoms. The molecule has 0 saturated heterocycles. The maximum absolute atomic E-state index is 11.1. The molecule has 0 aliphatic rings. The highest BCUT2D eigenvalue weighted by atomic mass is 32.2. The van der Waals surface area contributed by atoms with Gasteiger partial charge in [0, 0.05) is 6.20 Å². The summed E-state index contributed by atoms with van der Waals surface area (Å²) >= 11 is 2.82. The molecular weight excluding hydrogens is 280 g/mol. The minimum absolute atomic E-state index is 0.201. The number of carbonyl (C=O) groups is 1. The van der Waals surface area contributed by atoms with Gasteiger partial charge < -0.3 is 5.11 Å². The summed E-state index contributed by atoms with van der Waals surface area (Å²) in [4.78, 5) is 19.7. The van der Waals surface area contributed by atoms with E-state index in [-0.39, 0.29) is 5.56 Å². The second-order valence-corrected chi connectivity index (χ2v) is 5.98. The number of rotatable bonds is 3. The van der Waals surface area contributed by atoms with E-state index in [4.69, 9.17) is 5.11 Å². The van der Waals surface area contributed by atoms with Crippen molar-refractivity contribution >= 4 is 39.3 Å². The molecule has 0 radical (unpaired) electrons. The minimum Gasteiger partial charge on any atom is -0.478 e. The Labute approximate surface area is 117 Å². The van der Waals surface area contributed by atoms with Crippen molar-refractivity contribution in [3.05, 3.63) is 48.2 Å². The third-order valence-electron chi connectivity index (χ3n) is 2.46. The highest BCUT2D eigenvalue weighted by Crippen LogP contribution is 2.34. The highest BCUT2D eigenvalue weighted by Gasteiger charge is 2.14. The Morgan fingerprint density at radius 1 is 1.21 bits per heavy atom. The molecule has 0 atom stereocenters. The lowest BCUT2D eigenvalue weighted by molar-refractivity contribution is 0.0692. The first-order chi connectivity index (χ1) is 9.24. The molecule has 1 aromatic carbocycles. The van der Waals surface area contributed by atoms with Gasteiger partial charge in [-0.2, -0.15) is 0 Å². The summed E-state index contributed by atoms with van der Waals surface area (Å²) in [6.45, 7) is 0. The summed E-state index contributed by atoms with van der Waals surface area (Å²) in [6.07, 6.45) is 1.59. The van der Waals surface area contributed by atoms with E-state index in [1.165, 1.54) is 23.1 Å². The molecule has 0 amide bonds. The smallest absolute Gasteiger partial charge is 0.338 e. The van der Waals surface area contributed by atoms with Crippen LogP contribution in [0.15, 0.2) is 52.0 Å². The van der Waals surface area contributed by atoms with Crippen molar-refractivity contribution in [2.75, 3.05) is 0 Å². The Balaban J connectivity index is 1.99. The molecule has 94 valence electrons. The third-order valence-corrected chi connectivity index (χ3v) is 4.58. The maximum atomic E-state index is 11.1. The van der Waals surface area contributed by atoms with Crippen LogP contribution >= 0.6 is 23.1 Å². The molecule has 0 spiro atoms. The van der Waals surface area contributed by atoms with E-state index in [1.54, 1.807) is 18.3 Å². The minimum atomic E-state index is -0.975. The summed E-state index contributed by atoms with van der Waals surface area (Å²) in [5.74, 6) is -0.975. The van der Waals surface area contributed by atoms with Gasteiger partial charge in [-0.25, -0.2) is 14.8 Å². The predicted molar refractivity (Wildman–Crippen MR) is 74.9 cm³/mol. The van der Waals surface area contributed by atoms with Crippen LogP contribution in [0.5, 0.6) is 0 Å². The highest BCUT2D eigenvalue weighted by molar-refractivity contribution is 8.01. The Bertz CT molecular complexity index is 722. The van der Waals surface area contributed by atoms with Crippen molar-refractivity contribution in [3.8, 4) is 0 Å². The lowest BCUT2D eigenvalue weighted by Gasteiger charge is -2.00. The predicted octanol–water partition coefficient (Wildman–Crippen LogP) is 3.54. The van der Waals surface area contributed by atoms with Crippen LogP contribution in [-0.4, -0.2) is 21.0 Å². The number of hydrogen-bond donors (Lipinski definition) is 1. The molecule has 3 rings (SSSR count). The number of pyridine rings is 1. The van der Waals surface area contributed by atoms with Crippen molar-refractivity contribution in [1.82, 2.24) is 9.97 Å². The third kappa shape index (κ3) is 2.45. The monoisotopic (exact) mass is 288 g/mol. The van der Waals surface area contributed by atoms with E-state index in [0.29, 0.717) is 5.03 Å². The summed E-state index contributed by atoms with van der Waals surface area (Å²) in [5, 5.41) is 9.58. The molecule has 0 saturated carbocycles. The van der Waals surface area contributed by atoms with Crippen molar-refractivity contribution < 1.29 is 9.90 Å². The number of hydrogen-bond acceptors (Lipinski definition) is 5. The number of thiazole rings is 1. The fraction of sp³-hybridized carbons (Fsp3) is 0. The van der Waals surface area contributed by atoms with Crippen molar-refractivity contribution in [2.24, 2.45) is 0 Å². The van der Waals surface area contributed by atoms with Crippen molar-refractivity contribution in [2.45, 2.75) is 9.37 Å². The number of nitrogens with zero attached hydrogens (tertiary/aromatic N) is 2. The molecule has 0 bridgehead atoms. The molecule has 4 nitrogen and oxygen atoms in total. The number of aromatic nitrogens is 2. The van der Waals surface area contributed by atoms with Crippen LogP contribution in [0.1, 0.15) is 10.4 Å². The number of fused-ring (bicyclic) bond motifs is 1. The topological polar surface area (TPSA) is 63.1 Å². The van der Waals surface area contributed by atoms with Crippen molar-refractivity contribution in [1.29, 1.82) is 0 Å². The molecule has 1 N–H and O–H groups in total. The average molecular weight is 288 g/mol. The van der Waals surface area contributed by atoms with Gasteiger partial charge in [-0.1, -0.05) is 12.1 Å². The van der Waals surface area contributed by atoms with Crippen LogP contribution in [0, 0.1) is 0 Å². The van der Waals surface area contributed by atoms with E-state index in [1.807, 2.05) is 24.3 Å². The molecule has 19 heavy (non-hydrogen) atoms. The number of carboxylic acids is 1. The van der Waals surface area contributed by atoms with E-state index < -0.39 is 5.97 Å². The normalized spacial score (nSPS) is 10.7. The van der Waals surface area contributed by atoms with Crippen LogP contribution in [0.2, 0.25) is 0 Å². The zero-order valence-corrected chi connectivity index (χ0v) is 11.2. The number of aromatic carboxylic acids is 1. The van der Waals surface area contributed by atoms with E-state index in [9.17, 15) is 4.79 Å². The largest absolute Gasteiger partial charge is 0.478 e. The molecule has 2 heterocycles. The SMILES string of the molecule is O=C(O)c1cccnc1Sc1nc2ccccc2s1. The second kappa shape index (κ2) is 4.99. The van der Waals surface area contributed by atoms with E-state index in [0.717, 1.165) is 14.6 Å². The second-order valence-electron chi connectivity index (χ2n) is 3.71. The van der Waals surface area contributed by atoms with Gasteiger partial charge in [-0.15, -0.1) is 11.3 Å². The molecule has 0 aliphatic heterocycles. The van der Waals surface area contributed by atoms with E-state index in [2.05, 4.69) is 9.97 Å². The Kier molecular flexibility index (Phi) is 3.18. The molecule has 0 unspecified atom stereocenters. The summed E-state index contributed by atoms with van der Waals surface area (Å²) in [7, 11) is 0.